The Bertz CT molecular complexity index is 1880. The summed E-state index contributed by atoms with van der Waals surface area (Å²) in [6.45, 7) is 8.57. The van der Waals surface area contributed by atoms with Gasteiger partial charge in [0.15, 0.2) is 5.65 Å². The van der Waals surface area contributed by atoms with Crippen molar-refractivity contribution in [1.82, 2.24) is 25.2 Å². The zero-order valence-electron chi connectivity index (χ0n) is 28.5. The first kappa shape index (κ1) is 33.9. The van der Waals surface area contributed by atoms with Crippen LogP contribution in [0.4, 0.5) is 20.8 Å². The van der Waals surface area contributed by atoms with Gasteiger partial charge in [0.1, 0.15) is 23.5 Å². The number of carbonyl (C=O) groups excluding carboxylic acids is 1. The van der Waals surface area contributed by atoms with Crippen molar-refractivity contribution in [3.8, 4) is 5.75 Å². The first-order valence-electron chi connectivity index (χ1n) is 16.9. The van der Waals surface area contributed by atoms with Crippen LogP contribution in [0, 0.1) is 11.2 Å². The van der Waals surface area contributed by atoms with Crippen LogP contribution < -0.4 is 26.0 Å². The molecule has 49 heavy (non-hydrogen) atoms. The molecule has 0 spiro atoms. The van der Waals surface area contributed by atoms with Crippen LogP contribution in [0.15, 0.2) is 77.6 Å². The molecule has 2 aromatic carbocycles. The lowest BCUT2D eigenvalue weighted by molar-refractivity contribution is 0.171. The fraction of sp³-hybridized carbons (Fsp3) is 0.405. The van der Waals surface area contributed by atoms with E-state index < -0.39 is 18.5 Å². The third kappa shape index (κ3) is 7.69. The Labute approximate surface area is 286 Å². The maximum absolute atomic E-state index is 14.0. The minimum absolute atomic E-state index is 0.104. The number of aliphatic hydroxyl groups is 1. The number of fused-ring (bicyclic) bond motifs is 2. The van der Waals surface area contributed by atoms with Crippen molar-refractivity contribution in [3.63, 3.8) is 0 Å². The fourth-order valence-corrected chi connectivity index (χ4v) is 6.37. The number of piperidine rings is 1. The molecule has 5 N–H and O–H groups in total. The first-order valence-corrected chi connectivity index (χ1v) is 16.9. The van der Waals surface area contributed by atoms with E-state index in [-0.39, 0.29) is 29.0 Å². The molecular weight excluding hydrogens is 623 g/mol. The van der Waals surface area contributed by atoms with E-state index in [0.717, 1.165) is 47.9 Å². The summed E-state index contributed by atoms with van der Waals surface area (Å²) in [5, 5.41) is 24.4. The third-order valence-corrected chi connectivity index (χ3v) is 9.29. The normalized spacial score (nSPS) is 20.2. The molecule has 2 aromatic heterocycles. The predicted molar refractivity (Wildman–Crippen MR) is 188 cm³/mol. The largest absolute Gasteiger partial charge is 0.484 e. The molecule has 1 aliphatic carbocycles. The number of ether oxygens (including phenoxy) is 1. The lowest BCUT2D eigenvalue weighted by Crippen LogP contribution is -2.42. The molecule has 1 saturated heterocycles. The first-order chi connectivity index (χ1) is 23.5. The fourth-order valence-electron chi connectivity index (χ4n) is 6.37. The summed E-state index contributed by atoms with van der Waals surface area (Å²) in [4.78, 5) is 20.3. The van der Waals surface area contributed by atoms with Gasteiger partial charge in [-0.3, -0.25) is 9.72 Å². The van der Waals surface area contributed by atoms with Gasteiger partial charge in [0.05, 0.1) is 24.5 Å². The maximum Gasteiger partial charge on any atom is 0.320 e. The van der Waals surface area contributed by atoms with Gasteiger partial charge in [0, 0.05) is 35.3 Å². The molecule has 0 radical (unpaired) electrons. The van der Waals surface area contributed by atoms with Crippen LogP contribution in [-0.2, 0) is 6.61 Å². The summed E-state index contributed by atoms with van der Waals surface area (Å²) in [7, 11) is 0. The number of nitrogens with zero attached hydrogens (tertiary/aromatic N) is 5. The number of hydrogen-bond acceptors (Lipinski definition) is 8. The molecule has 12 heteroatoms. The number of aliphatic hydroxyl groups excluding tert-OH is 1. The highest BCUT2D eigenvalue weighted by atomic mass is 19.1. The molecule has 0 unspecified atom stereocenters. The van der Waals surface area contributed by atoms with Crippen LogP contribution in [0.5, 0.6) is 5.75 Å². The van der Waals surface area contributed by atoms with Crippen LogP contribution in [0.2, 0.25) is 0 Å². The number of hydrogen-bond donors (Lipinski definition) is 4. The molecule has 0 saturated carbocycles. The van der Waals surface area contributed by atoms with Crippen molar-refractivity contribution in [3.05, 3.63) is 95.1 Å². The number of aromatic nitrogens is 3. The number of nitrogens with one attached hydrogen (secondary N) is 2. The summed E-state index contributed by atoms with van der Waals surface area (Å²) in [6, 6.07) is 15.6. The highest BCUT2D eigenvalue weighted by molar-refractivity contribution is 6.05. The van der Waals surface area contributed by atoms with E-state index >= 15 is 0 Å². The zero-order valence-corrected chi connectivity index (χ0v) is 28.5. The van der Waals surface area contributed by atoms with Crippen LogP contribution in [0.3, 0.4) is 0 Å². The number of carbonyl (C=O) groups is 1. The Morgan fingerprint density at radius 3 is 2.65 bits per heavy atom. The monoisotopic (exact) mass is 668 g/mol. The SMILES string of the molecule is C[C@H]1CCCCN1c1nnc2ccc(O[C@@H]3CC[C@H](NC(=O)NC(C=C(N)C(C)(C)C)=Nc4ccc(F)c(CO)c4)c4ccccc43)cn12. The van der Waals surface area contributed by atoms with Gasteiger partial charge in [-0.2, -0.15) is 0 Å². The summed E-state index contributed by atoms with van der Waals surface area (Å²) in [5.74, 6) is 1.21. The standard InChI is InChI=1S/C37H45FN8O3/c1-23-9-7-8-18-45(23)36-44-43-34-17-13-26(21-46(34)36)49-31-16-15-30(27-10-5-6-11-28(27)31)41-35(48)42-33(20-32(39)37(2,3)4)40-25-12-14-29(38)24(19-25)22-47/h5-6,10-14,17,19-21,23,30-31,47H,7-9,15-16,18,22,39H2,1-4H3,(H2,40,41,42,48)/t23-,30-,31+/m0/s1. The number of urea groups is 1. The van der Waals surface area contributed by atoms with E-state index in [0.29, 0.717) is 30.3 Å². The van der Waals surface area contributed by atoms with E-state index in [2.05, 4.69) is 37.6 Å². The molecule has 4 aromatic rings. The zero-order chi connectivity index (χ0) is 34.7. The van der Waals surface area contributed by atoms with Crippen LogP contribution in [-0.4, -0.2) is 44.2 Å². The van der Waals surface area contributed by atoms with Gasteiger partial charge in [0.2, 0.25) is 5.95 Å². The number of aliphatic imine (C=N–C) groups is 1. The van der Waals surface area contributed by atoms with E-state index in [9.17, 15) is 14.3 Å². The van der Waals surface area contributed by atoms with Crippen LogP contribution >= 0.6 is 0 Å². The van der Waals surface area contributed by atoms with Crippen molar-refractivity contribution in [1.29, 1.82) is 0 Å². The summed E-state index contributed by atoms with van der Waals surface area (Å²) in [6.07, 6.45) is 8.17. The maximum atomic E-state index is 14.0. The molecule has 1 fully saturated rings. The molecule has 0 bridgehead atoms. The van der Waals surface area contributed by atoms with E-state index in [1.54, 1.807) is 6.08 Å². The van der Waals surface area contributed by atoms with Gasteiger partial charge >= 0.3 is 6.03 Å². The molecule has 3 atom stereocenters. The minimum atomic E-state index is -0.534. The molecule has 3 heterocycles. The van der Waals surface area contributed by atoms with Crippen LogP contribution in [0.25, 0.3) is 5.65 Å². The number of pyridine rings is 1. The third-order valence-electron chi connectivity index (χ3n) is 9.29. The number of amidine groups is 1. The number of anilines is 1. The summed E-state index contributed by atoms with van der Waals surface area (Å²) in [5.41, 5.74) is 9.67. The topological polar surface area (TPSA) is 142 Å². The Morgan fingerprint density at radius 1 is 1.10 bits per heavy atom. The highest BCUT2D eigenvalue weighted by Gasteiger charge is 2.30. The Morgan fingerprint density at radius 2 is 1.90 bits per heavy atom. The number of halogens is 1. The van der Waals surface area contributed by atoms with E-state index in [1.165, 1.54) is 24.6 Å². The van der Waals surface area contributed by atoms with E-state index in [1.807, 2.05) is 67.8 Å². The Hall–Kier alpha value is -4.97. The second-order valence-electron chi connectivity index (χ2n) is 13.9. The number of allylic oxidation sites excluding steroid dienone is 1. The van der Waals surface area contributed by atoms with Crippen molar-refractivity contribution in [2.75, 3.05) is 11.4 Å². The van der Waals surface area contributed by atoms with Crippen molar-refractivity contribution >= 4 is 29.1 Å². The molecule has 258 valence electrons. The van der Waals surface area contributed by atoms with Crippen molar-refractivity contribution in [2.24, 2.45) is 16.1 Å². The van der Waals surface area contributed by atoms with E-state index in [4.69, 9.17) is 10.5 Å². The predicted octanol–water partition coefficient (Wildman–Crippen LogP) is 6.61. The lowest BCUT2D eigenvalue weighted by Gasteiger charge is -2.33. The number of benzene rings is 2. The van der Waals surface area contributed by atoms with Crippen molar-refractivity contribution < 1.29 is 19.0 Å². The van der Waals surface area contributed by atoms with Gasteiger partial charge in [-0.1, -0.05) is 45.0 Å². The average molecular weight is 669 g/mol. The Kier molecular flexibility index (Phi) is 9.86. The van der Waals surface area contributed by atoms with Gasteiger partial charge in [-0.25, -0.2) is 14.2 Å². The van der Waals surface area contributed by atoms with Gasteiger partial charge in [-0.15, -0.1) is 10.2 Å². The molecular formula is C37H45FN8O3. The average Bonchev–Trinajstić information content (AvgIpc) is 3.49. The van der Waals surface area contributed by atoms with Gasteiger partial charge in [-0.05, 0) is 80.5 Å². The number of rotatable bonds is 7. The quantitative estimate of drug-likeness (QED) is 0.128. The smallest absolute Gasteiger partial charge is 0.320 e. The van der Waals surface area contributed by atoms with Crippen molar-refractivity contribution in [2.45, 2.75) is 84.6 Å². The summed E-state index contributed by atoms with van der Waals surface area (Å²) < 4.78 is 22.6. The molecule has 6 rings (SSSR count). The Balaban J connectivity index is 1.20. The highest BCUT2D eigenvalue weighted by Crippen LogP contribution is 2.39. The minimum Gasteiger partial charge on any atom is -0.484 e. The lowest BCUT2D eigenvalue weighted by atomic mass is 9.85. The second kappa shape index (κ2) is 14.3. The van der Waals surface area contributed by atoms with Gasteiger partial charge in [0.25, 0.3) is 0 Å². The molecule has 2 aliphatic rings. The number of amides is 2. The molecule has 11 nitrogen and oxygen atoms in total. The van der Waals surface area contributed by atoms with Gasteiger partial charge < -0.3 is 25.8 Å². The number of nitrogens with two attached hydrogens (primary N) is 1. The van der Waals surface area contributed by atoms with Crippen LogP contribution in [0.1, 0.15) is 88.6 Å². The second-order valence-corrected chi connectivity index (χ2v) is 13.9. The molecule has 1 aliphatic heterocycles. The summed E-state index contributed by atoms with van der Waals surface area (Å²) >= 11 is 0. The molecule has 2 amide bonds.